The van der Waals surface area contributed by atoms with Crippen LogP contribution in [0.2, 0.25) is 0 Å². The number of rotatable bonds is 5. The van der Waals surface area contributed by atoms with Gasteiger partial charge in [0, 0.05) is 13.0 Å². The minimum absolute atomic E-state index is 0.0227. The van der Waals surface area contributed by atoms with E-state index in [1.54, 1.807) is 25.1 Å². The van der Waals surface area contributed by atoms with Crippen LogP contribution in [0.1, 0.15) is 22.3 Å². The molecule has 0 saturated carbocycles. The first-order valence-corrected chi connectivity index (χ1v) is 8.22. The number of thiazole rings is 1. The molecule has 2 amide bonds. The molecule has 0 radical (unpaired) electrons. The standard InChI is InChI=1S/C16H15N3O5S/c1-8-15(9(2)20)25-16(17-8)19-14(22)6-23-10-3-4-12-11(5-10)18-13(21)7-24-12/h3-5H,6-7H2,1-2H3,(H,18,21)(H,17,19,22). The van der Waals surface area contributed by atoms with Gasteiger partial charge in [-0.3, -0.25) is 19.7 Å². The molecule has 2 aromatic rings. The molecular formula is C16H15N3O5S. The zero-order valence-electron chi connectivity index (χ0n) is 13.5. The number of aromatic nitrogens is 1. The summed E-state index contributed by atoms with van der Waals surface area (Å²) in [7, 11) is 0. The maximum atomic E-state index is 12.0. The van der Waals surface area contributed by atoms with Gasteiger partial charge >= 0.3 is 0 Å². The largest absolute Gasteiger partial charge is 0.484 e. The highest BCUT2D eigenvalue weighted by Crippen LogP contribution is 2.31. The summed E-state index contributed by atoms with van der Waals surface area (Å²) in [5.74, 6) is 0.223. The van der Waals surface area contributed by atoms with Crippen LogP contribution in [0, 0.1) is 6.92 Å². The minimum atomic E-state index is -0.401. The molecule has 0 atom stereocenters. The molecule has 8 nitrogen and oxygen atoms in total. The zero-order valence-corrected chi connectivity index (χ0v) is 14.4. The van der Waals surface area contributed by atoms with Gasteiger partial charge in [0.25, 0.3) is 11.8 Å². The molecule has 2 heterocycles. The molecular weight excluding hydrogens is 346 g/mol. The zero-order chi connectivity index (χ0) is 18.0. The van der Waals surface area contributed by atoms with Crippen molar-refractivity contribution in [3.63, 3.8) is 0 Å². The molecule has 0 saturated heterocycles. The maximum Gasteiger partial charge on any atom is 0.264 e. The molecule has 0 unspecified atom stereocenters. The van der Waals surface area contributed by atoms with Crippen LogP contribution in [0.4, 0.5) is 10.8 Å². The van der Waals surface area contributed by atoms with Crippen LogP contribution < -0.4 is 20.1 Å². The third-order valence-corrected chi connectivity index (χ3v) is 4.49. The van der Waals surface area contributed by atoms with Crippen LogP contribution >= 0.6 is 11.3 Å². The fourth-order valence-corrected chi connectivity index (χ4v) is 3.11. The second-order valence-electron chi connectivity index (χ2n) is 5.32. The molecule has 25 heavy (non-hydrogen) atoms. The molecule has 0 fully saturated rings. The Morgan fingerprint density at radius 1 is 1.44 bits per heavy atom. The highest BCUT2D eigenvalue weighted by molar-refractivity contribution is 7.17. The first-order valence-electron chi connectivity index (χ1n) is 7.40. The van der Waals surface area contributed by atoms with Crippen LogP contribution in [-0.4, -0.2) is 35.8 Å². The summed E-state index contributed by atoms with van der Waals surface area (Å²) in [4.78, 5) is 39.3. The van der Waals surface area contributed by atoms with Gasteiger partial charge in [0.05, 0.1) is 16.3 Å². The lowest BCUT2D eigenvalue weighted by Crippen LogP contribution is -2.25. The number of amides is 2. The summed E-state index contributed by atoms with van der Waals surface area (Å²) in [6.45, 7) is 2.91. The lowest BCUT2D eigenvalue weighted by atomic mass is 10.2. The number of Topliss-reactive ketones (excluding diaryl/α,β-unsaturated/α-hetero) is 1. The Morgan fingerprint density at radius 3 is 2.96 bits per heavy atom. The Bertz CT molecular complexity index is 861. The van der Waals surface area contributed by atoms with Crippen molar-refractivity contribution in [2.24, 2.45) is 0 Å². The average Bonchev–Trinajstić information content (AvgIpc) is 2.93. The van der Waals surface area contributed by atoms with Crippen molar-refractivity contribution in [3.05, 3.63) is 28.8 Å². The molecule has 3 rings (SSSR count). The van der Waals surface area contributed by atoms with Gasteiger partial charge in [-0.25, -0.2) is 4.98 Å². The SMILES string of the molecule is CC(=O)c1sc(NC(=O)COc2ccc3c(c2)NC(=O)CO3)nc1C. The van der Waals surface area contributed by atoms with Crippen molar-refractivity contribution in [1.29, 1.82) is 0 Å². The highest BCUT2D eigenvalue weighted by Gasteiger charge is 2.17. The predicted molar refractivity (Wildman–Crippen MR) is 91.5 cm³/mol. The van der Waals surface area contributed by atoms with Gasteiger partial charge < -0.3 is 14.8 Å². The van der Waals surface area contributed by atoms with E-state index < -0.39 is 5.91 Å². The molecule has 1 aromatic heterocycles. The second-order valence-corrected chi connectivity index (χ2v) is 6.32. The van der Waals surface area contributed by atoms with Gasteiger partial charge in [-0.05, 0) is 19.1 Å². The van der Waals surface area contributed by atoms with Gasteiger partial charge in [0.15, 0.2) is 24.1 Å². The van der Waals surface area contributed by atoms with Crippen molar-refractivity contribution in [1.82, 2.24) is 4.98 Å². The second kappa shape index (κ2) is 6.89. The lowest BCUT2D eigenvalue weighted by Gasteiger charge is -2.18. The molecule has 0 aliphatic carbocycles. The number of fused-ring (bicyclic) bond motifs is 1. The van der Waals surface area contributed by atoms with E-state index in [0.29, 0.717) is 32.9 Å². The van der Waals surface area contributed by atoms with Gasteiger partial charge in [-0.2, -0.15) is 0 Å². The van der Waals surface area contributed by atoms with E-state index in [0.717, 1.165) is 11.3 Å². The summed E-state index contributed by atoms with van der Waals surface area (Å²) in [5, 5.41) is 5.61. The number of nitrogens with one attached hydrogen (secondary N) is 2. The summed E-state index contributed by atoms with van der Waals surface area (Å²) in [5.41, 5.74) is 1.08. The first-order chi connectivity index (χ1) is 11.9. The van der Waals surface area contributed by atoms with Gasteiger partial charge in [-0.15, -0.1) is 0 Å². The number of carbonyl (C=O) groups is 3. The van der Waals surface area contributed by atoms with Crippen LogP contribution in [0.5, 0.6) is 11.5 Å². The predicted octanol–water partition coefficient (Wildman–Crippen LogP) is 2.00. The lowest BCUT2D eigenvalue weighted by molar-refractivity contribution is -0.119. The summed E-state index contributed by atoms with van der Waals surface area (Å²) < 4.78 is 10.7. The molecule has 130 valence electrons. The fourth-order valence-electron chi connectivity index (χ4n) is 2.23. The van der Waals surface area contributed by atoms with E-state index in [1.807, 2.05) is 0 Å². The van der Waals surface area contributed by atoms with Crippen LogP contribution in [0.3, 0.4) is 0 Å². The first kappa shape index (κ1) is 16.9. The molecule has 0 spiro atoms. The van der Waals surface area contributed by atoms with Gasteiger partial charge in [0.1, 0.15) is 11.5 Å². The van der Waals surface area contributed by atoms with E-state index in [1.165, 1.54) is 6.92 Å². The van der Waals surface area contributed by atoms with Gasteiger partial charge in [0.2, 0.25) is 0 Å². The molecule has 1 aliphatic heterocycles. The Morgan fingerprint density at radius 2 is 2.24 bits per heavy atom. The monoisotopic (exact) mass is 361 g/mol. The Kier molecular flexibility index (Phi) is 4.66. The summed E-state index contributed by atoms with van der Waals surface area (Å²) >= 11 is 1.12. The van der Waals surface area contributed by atoms with E-state index in [2.05, 4.69) is 15.6 Å². The number of aryl methyl sites for hydroxylation is 1. The van der Waals surface area contributed by atoms with E-state index in [-0.39, 0.29) is 24.9 Å². The summed E-state index contributed by atoms with van der Waals surface area (Å²) in [6, 6.07) is 4.89. The Hall–Kier alpha value is -2.94. The number of ketones is 1. The van der Waals surface area contributed by atoms with Crippen LogP contribution in [0.15, 0.2) is 18.2 Å². The molecule has 0 bridgehead atoms. The van der Waals surface area contributed by atoms with Crippen molar-refractivity contribution < 1.29 is 23.9 Å². The third kappa shape index (κ3) is 3.94. The Labute approximate surface area is 147 Å². The van der Waals surface area contributed by atoms with Crippen LogP contribution in [-0.2, 0) is 9.59 Å². The molecule has 1 aliphatic rings. The summed E-state index contributed by atoms with van der Waals surface area (Å²) in [6.07, 6.45) is 0. The fraction of sp³-hybridized carbons (Fsp3) is 0.250. The topological polar surface area (TPSA) is 107 Å². The number of ether oxygens (including phenoxy) is 2. The number of anilines is 2. The number of nitrogens with zero attached hydrogens (tertiary/aromatic N) is 1. The normalized spacial score (nSPS) is 12.6. The van der Waals surface area contributed by atoms with Crippen LogP contribution in [0.25, 0.3) is 0 Å². The van der Waals surface area contributed by atoms with E-state index >= 15 is 0 Å². The molecule has 2 N–H and O–H groups in total. The average molecular weight is 361 g/mol. The quantitative estimate of drug-likeness (QED) is 0.789. The molecule has 9 heteroatoms. The van der Waals surface area contributed by atoms with E-state index in [9.17, 15) is 14.4 Å². The number of benzene rings is 1. The van der Waals surface area contributed by atoms with Crippen molar-refractivity contribution in [3.8, 4) is 11.5 Å². The van der Waals surface area contributed by atoms with Crippen molar-refractivity contribution in [2.45, 2.75) is 13.8 Å². The van der Waals surface area contributed by atoms with Gasteiger partial charge in [-0.1, -0.05) is 11.3 Å². The van der Waals surface area contributed by atoms with Crippen molar-refractivity contribution >= 4 is 39.8 Å². The van der Waals surface area contributed by atoms with E-state index in [4.69, 9.17) is 9.47 Å². The third-order valence-electron chi connectivity index (χ3n) is 3.32. The minimum Gasteiger partial charge on any atom is -0.484 e. The smallest absolute Gasteiger partial charge is 0.264 e. The number of hydrogen-bond donors (Lipinski definition) is 2. The number of hydrogen-bond acceptors (Lipinski definition) is 7. The number of carbonyl (C=O) groups excluding carboxylic acids is 3. The molecule has 1 aromatic carbocycles. The van der Waals surface area contributed by atoms with Crippen molar-refractivity contribution in [2.75, 3.05) is 23.8 Å². The Balaban J connectivity index is 1.59. The maximum absolute atomic E-state index is 12.0. The highest BCUT2D eigenvalue weighted by atomic mass is 32.1.